The zero-order chi connectivity index (χ0) is 13.9. The van der Waals surface area contributed by atoms with Crippen LogP contribution in [0.15, 0.2) is 0 Å². The number of amides is 1. The molecule has 1 fully saturated rings. The number of halogens is 1. The fraction of sp³-hybridized carbons (Fsp3) is 0.833. The maximum absolute atomic E-state index is 12.0. The Hall–Kier alpha value is -1.01. The highest BCUT2D eigenvalue weighted by molar-refractivity contribution is 5.85. The smallest absolute Gasteiger partial charge is 0.411 e. The minimum absolute atomic E-state index is 0. The van der Waals surface area contributed by atoms with Gasteiger partial charge in [-0.1, -0.05) is 0 Å². The molecular weight excluding hydrogens is 272 g/mol. The predicted molar refractivity (Wildman–Crippen MR) is 73.2 cm³/mol. The number of hydrogen-bond donors (Lipinski definition) is 1. The molecule has 1 saturated heterocycles. The van der Waals surface area contributed by atoms with Crippen molar-refractivity contribution in [3.05, 3.63) is 0 Å². The summed E-state index contributed by atoms with van der Waals surface area (Å²) in [5.74, 6) is -0.423. The molecule has 0 bridgehead atoms. The molecule has 0 aliphatic carbocycles. The normalized spacial score (nSPS) is 23.3. The van der Waals surface area contributed by atoms with Crippen molar-refractivity contribution in [2.75, 3.05) is 13.7 Å². The van der Waals surface area contributed by atoms with E-state index in [1.807, 2.05) is 0 Å². The van der Waals surface area contributed by atoms with Gasteiger partial charge in [-0.2, -0.15) is 0 Å². The van der Waals surface area contributed by atoms with E-state index in [1.165, 1.54) is 12.0 Å². The summed E-state index contributed by atoms with van der Waals surface area (Å²) >= 11 is 0. The minimum atomic E-state index is -0.598. The van der Waals surface area contributed by atoms with Crippen LogP contribution < -0.4 is 5.73 Å². The molecule has 6 nitrogen and oxygen atoms in total. The standard InChI is InChI=1S/C12H22N2O4.ClH/c1-12(2,3)18-11(16)14-7-8(13)5-6-9(14)10(15)17-4;/h8-9H,5-7,13H2,1-4H3;1H/t8-,9-;/m0./s1. The Morgan fingerprint density at radius 2 is 1.84 bits per heavy atom. The van der Waals surface area contributed by atoms with Crippen molar-refractivity contribution in [2.45, 2.75) is 51.3 Å². The van der Waals surface area contributed by atoms with Gasteiger partial charge in [-0.15, -0.1) is 12.4 Å². The lowest BCUT2D eigenvalue weighted by atomic mass is 9.99. The molecule has 0 aromatic heterocycles. The summed E-state index contributed by atoms with van der Waals surface area (Å²) in [4.78, 5) is 25.0. The van der Waals surface area contributed by atoms with E-state index in [-0.39, 0.29) is 18.4 Å². The highest BCUT2D eigenvalue weighted by atomic mass is 35.5. The van der Waals surface area contributed by atoms with Gasteiger partial charge in [-0.05, 0) is 33.6 Å². The average Bonchev–Trinajstić information content (AvgIpc) is 2.25. The predicted octanol–water partition coefficient (Wildman–Crippen LogP) is 1.31. The van der Waals surface area contributed by atoms with Crippen LogP contribution in [0.3, 0.4) is 0 Å². The Kier molecular flexibility index (Phi) is 6.59. The van der Waals surface area contributed by atoms with E-state index in [2.05, 4.69) is 0 Å². The molecule has 7 heteroatoms. The van der Waals surface area contributed by atoms with E-state index < -0.39 is 23.7 Å². The zero-order valence-electron chi connectivity index (χ0n) is 11.8. The maximum Gasteiger partial charge on any atom is 0.411 e. The first-order chi connectivity index (χ1) is 8.24. The average molecular weight is 295 g/mol. The summed E-state index contributed by atoms with van der Waals surface area (Å²) in [6, 6.07) is -0.719. The van der Waals surface area contributed by atoms with Gasteiger partial charge in [0.25, 0.3) is 0 Å². The Balaban J connectivity index is 0.00000324. The zero-order valence-corrected chi connectivity index (χ0v) is 12.7. The van der Waals surface area contributed by atoms with Crippen LogP contribution in [0, 0.1) is 0 Å². The van der Waals surface area contributed by atoms with E-state index in [1.54, 1.807) is 20.8 Å². The molecule has 1 aliphatic rings. The van der Waals surface area contributed by atoms with Crippen LogP contribution in [0.4, 0.5) is 4.79 Å². The van der Waals surface area contributed by atoms with Gasteiger partial charge in [0.15, 0.2) is 0 Å². The Labute approximate surface area is 120 Å². The quantitative estimate of drug-likeness (QED) is 0.737. The van der Waals surface area contributed by atoms with E-state index in [0.717, 1.165) is 0 Å². The first-order valence-corrected chi connectivity index (χ1v) is 6.07. The number of carbonyl (C=O) groups excluding carboxylic acids is 2. The molecule has 0 radical (unpaired) electrons. The molecule has 0 aromatic rings. The number of hydrogen-bond acceptors (Lipinski definition) is 5. The fourth-order valence-corrected chi connectivity index (χ4v) is 1.90. The van der Waals surface area contributed by atoms with E-state index >= 15 is 0 Å². The number of likely N-dealkylation sites (tertiary alicyclic amines) is 1. The largest absolute Gasteiger partial charge is 0.467 e. The van der Waals surface area contributed by atoms with Crippen molar-refractivity contribution >= 4 is 24.5 Å². The summed E-state index contributed by atoms with van der Waals surface area (Å²) in [6.07, 6.45) is 0.680. The number of nitrogens with zero attached hydrogens (tertiary/aromatic N) is 1. The lowest BCUT2D eigenvalue weighted by Crippen LogP contribution is -2.55. The van der Waals surface area contributed by atoms with Gasteiger partial charge in [-0.3, -0.25) is 4.90 Å². The first-order valence-electron chi connectivity index (χ1n) is 6.07. The van der Waals surface area contributed by atoms with Crippen LogP contribution >= 0.6 is 12.4 Å². The van der Waals surface area contributed by atoms with Gasteiger partial charge in [0.05, 0.1) is 7.11 Å². The highest BCUT2D eigenvalue weighted by Crippen LogP contribution is 2.20. The lowest BCUT2D eigenvalue weighted by Gasteiger charge is -2.37. The topological polar surface area (TPSA) is 81.9 Å². The third kappa shape index (κ3) is 5.24. The molecule has 2 N–H and O–H groups in total. The van der Waals surface area contributed by atoms with Gasteiger partial charge in [0, 0.05) is 12.6 Å². The maximum atomic E-state index is 12.0. The molecular formula is C12H23ClN2O4. The van der Waals surface area contributed by atoms with Gasteiger partial charge >= 0.3 is 12.1 Å². The van der Waals surface area contributed by atoms with Crippen molar-refractivity contribution in [1.29, 1.82) is 0 Å². The number of piperidine rings is 1. The molecule has 1 heterocycles. The number of rotatable bonds is 1. The van der Waals surface area contributed by atoms with Crippen LogP contribution in [0.5, 0.6) is 0 Å². The number of methoxy groups -OCH3 is 1. The van der Waals surface area contributed by atoms with E-state index in [9.17, 15) is 9.59 Å². The second-order valence-electron chi connectivity index (χ2n) is 5.51. The minimum Gasteiger partial charge on any atom is -0.467 e. The molecule has 1 aliphatic heterocycles. The van der Waals surface area contributed by atoms with Crippen LogP contribution in [-0.2, 0) is 14.3 Å². The molecule has 1 amide bonds. The van der Waals surface area contributed by atoms with Crippen molar-refractivity contribution in [2.24, 2.45) is 5.73 Å². The summed E-state index contributed by atoms with van der Waals surface area (Å²) in [7, 11) is 1.31. The summed E-state index contributed by atoms with van der Waals surface area (Å²) in [5.41, 5.74) is 5.23. The summed E-state index contributed by atoms with van der Waals surface area (Å²) in [6.45, 7) is 5.65. The second kappa shape index (κ2) is 6.96. The van der Waals surface area contributed by atoms with Crippen molar-refractivity contribution in [1.82, 2.24) is 4.90 Å². The molecule has 2 atom stereocenters. The molecule has 0 aromatic carbocycles. The van der Waals surface area contributed by atoms with Gasteiger partial charge in [-0.25, -0.2) is 9.59 Å². The monoisotopic (exact) mass is 294 g/mol. The van der Waals surface area contributed by atoms with Crippen molar-refractivity contribution < 1.29 is 19.1 Å². The van der Waals surface area contributed by atoms with Gasteiger partial charge in [0.2, 0.25) is 0 Å². The molecule has 0 saturated carbocycles. The molecule has 0 unspecified atom stereocenters. The molecule has 1 rings (SSSR count). The SMILES string of the molecule is COC(=O)[C@@H]1CC[C@H](N)CN1C(=O)OC(C)(C)C.Cl. The van der Waals surface area contributed by atoms with Crippen LogP contribution in [0.25, 0.3) is 0 Å². The van der Waals surface area contributed by atoms with Crippen LogP contribution in [-0.4, -0.2) is 48.3 Å². The van der Waals surface area contributed by atoms with Crippen LogP contribution in [0.2, 0.25) is 0 Å². The molecule has 0 spiro atoms. The number of carbonyl (C=O) groups is 2. The summed E-state index contributed by atoms with van der Waals surface area (Å²) in [5, 5.41) is 0. The van der Waals surface area contributed by atoms with Crippen LogP contribution in [0.1, 0.15) is 33.6 Å². The first kappa shape index (κ1) is 18.0. The summed E-state index contributed by atoms with van der Waals surface area (Å²) < 4.78 is 9.98. The third-order valence-electron chi connectivity index (χ3n) is 2.72. The number of nitrogens with two attached hydrogens (primary N) is 1. The van der Waals surface area contributed by atoms with Crippen molar-refractivity contribution in [3.63, 3.8) is 0 Å². The van der Waals surface area contributed by atoms with Gasteiger partial charge < -0.3 is 15.2 Å². The van der Waals surface area contributed by atoms with E-state index in [0.29, 0.717) is 19.4 Å². The Morgan fingerprint density at radius 3 is 2.32 bits per heavy atom. The Morgan fingerprint density at radius 1 is 1.26 bits per heavy atom. The fourth-order valence-electron chi connectivity index (χ4n) is 1.90. The lowest BCUT2D eigenvalue weighted by molar-refractivity contribution is -0.148. The number of esters is 1. The second-order valence-corrected chi connectivity index (χ2v) is 5.51. The van der Waals surface area contributed by atoms with Gasteiger partial charge in [0.1, 0.15) is 11.6 Å². The molecule has 112 valence electrons. The number of ether oxygens (including phenoxy) is 2. The third-order valence-corrected chi connectivity index (χ3v) is 2.72. The Bertz CT molecular complexity index is 330. The molecule has 19 heavy (non-hydrogen) atoms. The van der Waals surface area contributed by atoms with E-state index in [4.69, 9.17) is 15.2 Å². The highest BCUT2D eigenvalue weighted by Gasteiger charge is 2.37. The van der Waals surface area contributed by atoms with Crippen molar-refractivity contribution in [3.8, 4) is 0 Å².